The number of rotatable bonds is 2. The van der Waals surface area contributed by atoms with Crippen molar-refractivity contribution in [2.75, 3.05) is 20.8 Å². The number of fused-ring (bicyclic) bond motifs is 1. The van der Waals surface area contributed by atoms with Gasteiger partial charge >= 0.3 is 0 Å². The highest BCUT2D eigenvalue weighted by Crippen LogP contribution is 2.32. The number of methoxy groups -OCH3 is 1. The summed E-state index contributed by atoms with van der Waals surface area (Å²) in [5.74, 6) is 2.52. The van der Waals surface area contributed by atoms with Crippen LogP contribution in [0.1, 0.15) is 6.92 Å². The first-order chi connectivity index (χ1) is 8.17. The van der Waals surface area contributed by atoms with Gasteiger partial charge in [0, 0.05) is 11.5 Å². The SMILES string of the molecule is [B]C1=CCOC2=CC([OH+]C)=C(OC)[C@@H](C)C=C12. The molecule has 0 unspecified atom stereocenters. The average molecular weight is 231 g/mol. The van der Waals surface area contributed by atoms with E-state index >= 15 is 0 Å². The Bertz CT molecular complexity index is 444. The standard InChI is InChI=1S/C13H15BO3/c1-8-6-9-10(14)4-5-17-11(9)7-12(15-2)13(8)16-3/h4,6-8H,5H2,1-3H3/p+1/t8-/m0/s1. The number of ether oxygens (including phenoxy) is 3. The van der Waals surface area contributed by atoms with E-state index in [0.29, 0.717) is 6.61 Å². The zero-order valence-electron chi connectivity index (χ0n) is 10.4. The first kappa shape index (κ1) is 11.9. The van der Waals surface area contributed by atoms with E-state index in [1.807, 2.05) is 18.2 Å². The topological polar surface area (TPSA) is 31.3 Å². The van der Waals surface area contributed by atoms with Crippen LogP contribution in [0, 0.1) is 5.92 Å². The van der Waals surface area contributed by atoms with Gasteiger partial charge in [-0.25, -0.2) is 0 Å². The van der Waals surface area contributed by atoms with Crippen molar-refractivity contribution in [1.82, 2.24) is 0 Å². The summed E-state index contributed by atoms with van der Waals surface area (Å²) in [5.41, 5.74) is 1.68. The number of hydrogen-bond donors (Lipinski definition) is 0. The fraction of sp³-hybridized carbons (Fsp3) is 0.385. The van der Waals surface area contributed by atoms with E-state index < -0.39 is 0 Å². The predicted molar refractivity (Wildman–Crippen MR) is 67.3 cm³/mol. The molecule has 0 bridgehead atoms. The lowest BCUT2D eigenvalue weighted by molar-refractivity contribution is 0.0809. The second-order valence-electron chi connectivity index (χ2n) is 4.03. The summed E-state index contributed by atoms with van der Waals surface area (Å²) in [7, 11) is 9.37. The van der Waals surface area contributed by atoms with E-state index in [1.54, 1.807) is 14.2 Å². The Labute approximate surface area is 103 Å². The fourth-order valence-electron chi connectivity index (χ4n) is 2.07. The minimum absolute atomic E-state index is 0.121. The van der Waals surface area contributed by atoms with Crippen molar-refractivity contribution in [2.24, 2.45) is 5.92 Å². The van der Waals surface area contributed by atoms with Gasteiger partial charge in [-0.15, -0.1) is 0 Å². The Kier molecular flexibility index (Phi) is 3.32. The van der Waals surface area contributed by atoms with Gasteiger partial charge in [0.1, 0.15) is 20.2 Å². The molecule has 0 amide bonds. The predicted octanol–water partition coefficient (Wildman–Crippen LogP) is 1.54. The number of allylic oxidation sites excluding steroid dienone is 3. The van der Waals surface area contributed by atoms with Crippen LogP contribution in [0.4, 0.5) is 0 Å². The first-order valence-electron chi connectivity index (χ1n) is 5.58. The summed E-state index contributed by atoms with van der Waals surface area (Å²) in [6.45, 7) is 2.55. The highest BCUT2D eigenvalue weighted by molar-refractivity contribution is 6.25. The molecule has 0 aromatic rings. The van der Waals surface area contributed by atoms with Crippen molar-refractivity contribution in [3.63, 3.8) is 0 Å². The highest BCUT2D eigenvalue weighted by Gasteiger charge is 2.26. The second-order valence-corrected chi connectivity index (χ2v) is 4.03. The lowest BCUT2D eigenvalue weighted by Gasteiger charge is -2.18. The van der Waals surface area contributed by atoms with Crippen molar-refractivity contribution < 1.29 is 14.2 Å². The van der Waals surface area contributed by atoms with Crippen LogP contribution >= 0.6 is 0 Å². The van der Waals surface area contributed by atoms with Crippen molar-refractivity contribution in [1.29, 1.82) is 0 Å². The largest absolute Gasteiger partial charge is 0.582 e. The molecule has 0 aromatic carbocycles. The quantitative estimate of drug-likeness (QED) is 0.533. The molecule has 0 spiro atoms. The summed E-state index contributed by atoms with van der Waals surface area (Å²) in [6.07, 6.45) is 5.80. The van der Waals surface area contributed by atoms with Gasteiger partial charge < -0.3 is 14.2 Å². The maximum atomic E-state index is 5.98. The number of hydrogen-bond acceptors (Lipinski definition) is 2. The third-order valence-electron chi connectivity index (χ3n) is 2.93. The molecular formula is C13H16BO3+. The van der Waals surface area contributed by atoms with Gasteiger partial charge in [0.05, 0.1) is 13.2 Å². The molecule has 88 valence electrons. The molecular weight excluding hydrogens is 215 g/mol. The highest BCUT2D eigenvalue weighted by atomic mass is 16.5. The van der Waals surface area contributed by atoms with Crippen molar-refractivity contribution in [3.05, 3.63) is 46.6 Å². The molecule has 0 aromatic heterocycles. The monoisotopic (exact) mass is 231 g/mol. The average Bonchev–Trinajstić information content (AvgIpc) is 2.46. The summed E-state index contributed by atoms with van der Waals surface area (Å²) in [5, 5.41) is 0. The molecule has 2 aliphatic rings. The van der Waals surface area contributed by atoms with Crippen LogP contribution in [-0.2, 0) is 9.47 Å². The van der Waals surface area contributed by atoms with E-state index in [4.69, 9.17) is 17.3 Å². The second kappa shape index (κ2) is 4.74. The van der Waals surface area contributed by atoms with Crippen LogP contribution in [0.2, 0.25) is 0 Å². The van der Waals surface area contributed by atoms with Crippen LogP contribution in [0.25, 0.3) is 0 Å². The van der Waals surface area contributed by atoms with E-state index in [2.05, 4.69) is 11.7 Å². The molecule has 1 aliphatic heterocycles. The van der Waals surface area contributed by atoms with Gasteiger partial charge in [0.15, 0.2) is 12.9 Å². The van der Waals surface area contributed by atoms with E-state index in [0.717, 1.165) is 28.3 Å². The Morgan fingerprint density at radius 2 is 2.29 bits per heavy atom. The van der Waals surface area contributed by atoms with Gasteiger partial charge in [-0.05, 0) is 0 Å². The van der Waals surface area contributed by atoms with Crippen LogP contribution in [0.5, 0.6) is 0 Å². The van der Waals surface area contributed by atoms with Crippen LogP contribution in [0.3, 0.4) is 0 Å². The molecule has 0 saturated heterocycles. The normalized spacial score (nSPS) is 23.7. The minimum Gasteiger partial charge on any atom is -0.582 e. The third-order valence-corrected chi connectivity index (χ3v) is 2.93. The lowest BCUT2D eigenvalue weighted by atomic mass is 9.84. The Morgan fingerprint density at radius 1 is 1.53 bits per heavy atom. The van der Waals surface area contributed by atoms with Gasteiger partial charge in [0.2, 0.25) is 0 Å². The van der Waals surface area contributed by atoms with Crippen LogP contribution < -0.4 is 0 Å². The maximum absolute atomic E-state index is 5.98. The molecule has 1 N–H and O–H groups in total. The smallest absolute Gasteiger partial charge is 0.297 e. The molecule has 4 heteroatoms. The summed E-state index contributed by atoms with van der Waals surface area (Å²) >= 11 is 0. The third kappa shape index (κ3) is 2.12. The van der Waals surface area contributed by atoms with Crippen LogP contribution in [-0.4, -0.2) is 33.4 Å². The zero-order valence-corrected chi connectivity index (χ0v) is 10.4. The lowest BCUT2D eigenvalue weighted by Crippen LogP contribution is -2.07. The fourth-order valence-corrected chi connectivity index (χ4v) is 2.07. The minimum atomic E-state index is 0.121. The molecule has 0 saturated carbocycles. The molecule has 2 rings (SSSR count). The molecule has 1 aliphatic carbocycles. The van der Waals surface area contributed by atoms with Crippen molar-refractivity contribution in [2.45, 2.75) is 6.92 Å². The van der Waals surface area contributed by atoms with Gasteiger partial charge in [-0.2, -0.15) is 0 Å². The number of aliphatic hydroxyl groups is 2. The molecule has 1 atom stereocenters. The summed E-state index contributed by atoms with van der Waals surface area (Å²) in [4.78, 5) is 0. The van der Waals surface area contributed by atoms with Crippen LogP contribution in [0.15, 0.2) is 46.6 Å². The Morgan fingerprint density at radius 3 is 2.94 bits per heavy atom. The molecule has 3 nitrogen and oxygen atoms in total. The zero-order chi connectivity index (χ0) is 12.4. The summed E-state index contributed by atoms with van der Waals surface area (Å²) in [6, 6.07) is 0. The van der Waals surface area contributed by atoms with Crippen molar-refractivity contribution >= 4 is 7.85 Å². The maximum Gasteiger partial charge on any atom is 0.297 e. The van der Waals surface area contributed by atoms with Gasteiger partial charge in [0.25, 0.3) is 5.76 Å². The molecule has 17 heavy (non-hydrogen) atoms. The van der Waals surface area contributed by atoms with E-state index in [1.165, 1.54) is 0 Å². The first-order valence-corrected chi connectivity index (χ1v) is 5.58. The Balaban J connectivity index is 2.52. The van der Waals surface area contributed by atoms with E-state index in [-0.39, 0.29) is 5.92 Å². The molecule has 0 fully saturated rings. The van der Waals surface area contributed by atoms with Gasteiger partial charge in [-0.1, -0.05) is 24.5 Å². The van der Waals surface area contributed by atoms with E-state index in [9.17, 15) is 0 Å². The van der Waals surface area contributed by atoms with Crippen molar-refractivity contribution in [3.8, 4) is 0 Å². The molecule has 2 radical (unpaired) electrons. The molecule has 1 heterocycles. The Hall–Kier alpha value is -1.58. The van der Waals surface area contributed by atoms with Gasteiger partial charge in [-0.3, -0.25) is 0 Å². The summed E-state index contributed by atoms with van der Waals surface area (Å²) < 4.78 is 15.2.